The zero-order chi connectivity index (χ0) is 16.4. The molecular formula is C19H24N4O. The second kappa shape index (κ2) is 6.77. The molecule has 3 aromatic rings. The van der Waals surface area contributed by atoms with Crippen LogP contribution >= 0.6 is 0 Å². The SMILES string of the molecule is Cn1cc(CCCN2CCCC(c3nc4ccccc4o3)C2)cn1. The van der Waals surface area contributed by atoms with Gasteiger partial charge in [-0.05, 0) is 56.5 Å². The van der Waals surface area contributed by atoms with Crippen LogP contribution in [-0.4, -0.2) is 39.3 Å². The number of piperidine rings is 1. The Balaban J connectivity index is 1.35. The van der Waals surface area contributed by atoms with Crippen LogP contribution in [0.1, 0.15) is 36.6 Å². The number of hydrogen-bond acceptors (Lipinski definition) is 4. The van der Waals surface area contributed by atoms with E-state index in [1.807, 2.05) is 42.2 Å². The predicted molar refractivity (Wildman–Crippen MR) is 94.0 cm³/mol. The molecule has 5 nitrogen and oxygen atoms in total. The third-order valence-corrected chi connectivity index (χ3v) is 4.86. The Morgan fingerprint density at radius 2 is 2.21 bits per heavy atom. The average molecular weight is 324 g/mol. The molecule has 0 radical (unpaired) electrons. The maximum atomic E-state index is 5.98. The maximum absolute atomic E-state index is 5.98. The first kappa shape index (κ1) is 15.4. The Morgan fingerprint density at radius 1 is 1.29 bits per heavy atom. The molecule has 1 aliphatic rings. The summed E-state index contributed by atoms with van der Waals surface area (Å²) < 4.78 is 7.86. The fourth-order valence-corrected chi connectivity index (χ4v) is 3.63. The fourth-order valence-electron chi connectivity index (χ4n) is 3.63. The number of benzene rings is 1. The molecular weight excluding hydrogens is 300 g/mol. The highest BCUT2D eigenvalue weighted by Gasteiger charge is 2.25. The van der Waals surface area contributed by atoms with Gasteiger partial charge in [-0.25, -0.2) is 4.98 Å². The minimum absolute atomic E-state index is 0.421. The highest BCUT2D eigenvalue weighted by Crippen LogP contribution is 2.29. The number of aromatic nitrogens is 3. The first-order valence-corrected chi connectivity index (χ1v) is 8.83. The second-order valence-corrected chi connectivity index (χ2v) is 6.79. The summed E-state index contributed by atoms with van der Waals surface area (Å²) in [6.07, 6.45) is 8.74. The standard InChI is InChI=1S/C19H24N4O/c1-22-13-15(12-20-22)6-4-10-23-11-5-7-16(14-23)19-21-17-8-2-3-9-18(17)24-19/h2-3,8-9,12-13,16H,4-7,10-11,14H2,1H3. The van der Waals surface area contributed by atoms with Gasteiger partial charge < -0.3 is 9.32 Å². The summed E-state index contributed by atoms with van der Waals surface area (Å²) in [5.41, 5.74) is 3.20. The van der Waals surface area contributed by atoms with Crippen molar-refractivity contribution < 1.29 is 4.42 Å². The molecule has 0 saturated carbocycles. The van der Waals surface area contributed by atoms with E-state index in [1.54, 1.807) is 0 Å². The molecule has 2 aromatic heterocycles. The topological polar surface area (TPSA) is 47.1 Å². The Bertz CT molecular complexity index is 773. The number of fused-ring (bicyclic) bond motifs is 1. The van der Waals surface area contributed by atoms with Gasteiger partial charge in [-0.2, -0.15) is 5.10 Å². The van der Waals surface area contributed by atoms with Crippen LogP contribution in [0, 0.1) is 0 Å². The molecule has 1 aromatic carbocycles. The molecule has 5 heteroatoms. The van der Waals surface area contributed by atoms with Gasteiger partial charge in [0.2, 0.25) is 0 Å². The van der Waals surface area contributed by atoms with Crippen molar-refractivity contribution in [3.05, 3.63) is 48.1 Å². The van der Waals surface area contributed by atoms with E-state index >= 15 is 0 Å². The normalized spacial score (nSPS) is 19.1. The summed E-state index contributed by atoms with van der Waals surface area (Å²) in [6, 6.07) is 8.04. The molecule has 0 spiro atoms. The Hall–Kier alpha value is -2.14. The Morgan fingerprint density at radius 3 is 3.04 bits per heavy atom. The maximum Gasteiger partial charge on any atom is 0.199 e. The van der Waals surface area contributed by atoms with Crippen LogP contribution in [0.15, 0.2) is 41.1 Å². The lowest BCUT2D eigenvalue weighted by Crippen LogP contribution is -2.35. The van der Waals surface area contributed by atoms with Crippen molar-refractivity contribution in [2.45, 2.75) is 31.6 Å². The van der Waals surface area contributed by atoms with Crippen molar-refractivity contribution in [1.29, 1.82) is 0 Å². The van der Waals surface area contributed by atoms with Crippen LogP contribution in [0.2, 0.25) is 0 Å². The number of oxazole rings is 1. The third kappa shape index (κ3) is 3.36. The number of likely N-dealkylation sites (tertiary alicyclic amines) is 1. The lowest BCUT2D eigenvalue weighted by atomic mass is 9.97. The van der Waals surface area contributed by atoms with E-state index in [1.165, 1.54) is 31.4 Å². The van der Waals surface area contributed by atoms with Crippen molar-refractivity contribution in [2.24, 2.45) is 7.05 Å². The van der Waals surface area contributed by atoms with Crippen molar-refractivity contribution in [2.75, 3.05) is 19.6 Å². The molecule has 0 N–H and O–H groups in total. The highest BCUT2D eigenvalue weighted by molar-refractivity contribution is 5.72. The Labute approximate surface area is 142 Å². The van der Waals surface area contributed by atoms with Crippen LogP contribution < -0.4 is 0 Å². The van der Waals surface area contributed by atoms with Gasteiger partial charge in [0.15, 0.2) is 11.5 Å². The van der Waals surface area contributed by atoms with Crippen LogP contribution in [0.3, 0.4) is 0 Å². The molecule has 0 aliphatic carbocycles. The summed E-state index contributed by atoms with van der Waals surface area (Å²) in [5, 5.41) is 4.24. The van der Waals surface area contributed by atoms with Crippen LogP contribution in [0.5, 0.6) is 0 Å². The van der Waals surface area contributed by atoms with Gasteiger partial charge >= 0.3 is 0 Å². The summed E-state index contributed by atoms with van der Waals surface area (Å²) in [7, 11) is 1.97. The number of nitrogens with zero attached hydrogens (tertiary/aromatic N) is 4. The average Bonchev–Trinajstić information content (AvgIpc) is 3.21. The molecule has 1 saturated heterocycles. The first-order valence-electron chi connectivity index (χ1n) is 8.83. The van der Waals surface area contributed by atoms with Crippen LogP contribution in [-0.2, 0) is 13.5 Å². The molecule has 0 amide bonds. The van der Waals surface area contributed by atoms with Crippen molar-refractivity contribution in [3.8, 4) is 0 Å². The number of hydrogen-bond donors (Lipinski definition) is 0. The van der Waals surface area contributed by atoms with E-state index in [0.717, 1.165) is 36.5 Å². The van der Waals surface area contributed by atoms with E-state index < -0.39 is 0 Å². The van der Waals surface area contributed by atoms with Gasteiger partial charge in [-0.15, -0.1) is 0 Å². The minimum atomic E-state index is 0.421. The van der Waals surface area contributed by atoms with Crippen molar-refractivity contribution >= 4 is 11.1 Å². The summed E-state index contributed by atoms with van der Waals surface area (Å²) in [5.74, 6) is 1.33. The molecule has 1 fully saturated rings. The summed E-state index contributed by atoms with van der Waals surface area (Å²) in [4.78, 5) is 7.25. The van der Waals surface area contributed by atoms with Gasteiger partial charge in [-0.1, -0.05) is 12.1 Å². The predicted octanol–water partition coefficient (Wildman–Crippen LogP) is 3.37. The molecule has 1 unspecified atom stereocenters. The van der Waals surface area contributed by atoms with Gasteiger partial charge in [0.1, 0.15) is 5.52 Å². The van der Waals surface area contributed by atoms with Crippen molar-refractivity contribution in [1.82, 2.24) is 19.7 Å². The van der Waals surface area contributed by atoms with Gasteiger partial charge in [0.25, 0.3) is 0 Å². The minimum Gasteiger partial charge on any atom is -0.440 e. The quantitative estimate of drug-likeness (QED) is 0.722. The first-order chi connectivity index (χ1) is 11.8. The van der Waals surface area contributed by atoms with E-state index in [-0.39, 0.29) is 0 Å². The van der Waals surface area contributed by atoms with E-state index in [9.17, 15) is 0 Å². The van der Waals surface area contributed by atoms with E-state index in [4.69, 9.17) is 9.40 Å². The lowest BCUT2D eigenvalue weighted by Gasteiger charge is -2.31. The molecule has 1 atom stereocenters. The van der Waals surface area contributed by atoms with E-state index in [2.05, 4.69) is 16.2 Å². The summed E-state index contributed by atoms with van der Waals surface area (Å²) in [6.45, 7) is 3.37. The zero-order valence-electron chi connectivity index (χ0n) is 14.2. The second-order valence-electron chi connectivity index (χ2n) is 6.79. The van der Waals surface area contributed by atoms with Gasteiger partial charge in [-0.3, -0.25) is 4.68 Å². The van der Waals surface area contributed by atoms with Gasteiger partial charge in [0, 0.05) is 25.7 Å². The van der Waals surface area contributed by atoms with Crippen LogP contribution in [0.4, 0.5) is 0 Å². The number of rotatable bonds is 5. The molecule has 126 valence electrons. The van der Waals surface area contributed by atoms with Crippen LogP contribution in [0.25, 0.3) is 11.1 Å². The van der Waals surface area contributed by atoms with E-state index in [0.29, 0.717) is 5.92 Å². The molecule has 3 heterocycles. The molecule has 1 aliphatic heterocycles. The summed E-state index contributed by atoms with van der Waals surface area (Å²) >= 11 is 0. The molecule has 24 heavy (non-hydrogen) atoms. The zero-order valence-corrected chi connectivity index (χ0v) is 14.2. The lowest BCUT2D eigenvalue weighted by molar-refractivity contribution is 0.193. The monoisotopic (exact) mass is 324 g/mol. The van der Waals surface area contributed by atoms with Crippen molar-refractivity contribution in [3.63, 3.8) is 0 Å². The third-order valence-electron chi connectivity index (χ3n) is 4.86. The number of aryl methyl sites for hydroxylation is 2. The highest BCUT2D eigenvalue weighted by atomic mass is 16.3. The molecule has 4 rings (SSSR count). The molecule has 0 bridgehead atoms. The Kier molecular flexibility index (Phi) is 4.34. The fraction of sp³-hybridized carbons (Fsp3) is 0.474. The number of para-hydroxylation sites is 2. The largest absolute Gasteiger partial charge is 0.440 e. The smallest absolute Gasteiger partial charge is 0.199 e. The van der Waals surface area contributed by atoms with Gasteiger partial charge in [0.05, 0.1) is 6.20 Å².